The molecular weight excluding hydrogens is 262 g/mol. The number of H-pyrrole nitrogens is 1. The van der Waals surface area contributed by atoms with Crippen molar-refractivity contribution in [3.05, 3.63) is 33.4 Å². The second kappa shape index (κ2) is 3.85. The molecule has 0 atom stereocenters. The number of aromatic amines is 1. The van der Waals surface area contributed by atoms with Gasteiger partial charge in [0, 0.05) is 13.2 Å². The molecule has 2 aromatic rings. The molecule has 0 bridgehead atoms. The highest BCUT2D eigenvalue weighted by Crippen LogP contribution is 2.20. The zero-order valence-electron chi connectivity index (χ0n) is 7.86. The summed E-state index contributed by atoms with van der Waals surface area (Å²) in [5.74, 6) is 0. The molecule has 15 heavy (non-hydrogen) atoms. The highest BCUT2D eigenvalue weighted by molar-refractivity contribution is 9.10. The van der Waals surface area contributed by atoms with Crippen LogP contribution < -0.4 is 10.9 Å². The first-order chi connectivity index (χ1) is 7.16. The lowest BCUT2D eigenvalue weighted by Gasteiger charge is -2.03. The van der Waals surface area contributed by atoms with Crippen molar-refractivity contribution in [1.29, 1.82) is 0 Å². The minimum absolute atomic E-state index is 0.274. The normalized spacial score (nSPS) is 10.3. The van der Waals surface area contributed by atoms with Crippen molar-refractivity contribution in [2.24, 2.45) is 7.05 Å². The van der Waals surface area contributed by atoms with Gasteiger partial charge in [-0.3, -0.25) is 9.48 Å². The van der Waals surface area contributed by atoms with Crippen molar-refractivity contribution in [2.75, 3.05) is 5.32 Å². The highest BCUT2D eigenvalue weighted by Gasteiger charge is 2.05. The van der Waals surface area contributed by atoms with E-state index in [-0.39, 0.29) is 5.56 Å². The van der Waals surface area contributed by atoms with Crippen molar-refractivity contribution in [1.82, 2.24) is 20.0 Å². The van der Waals surface area contributed by atoms with Crippen LogP contribution >= 0.6 is 15.9 Å². The molecule has 0 spiro atoms. The molecule has 0 aliphatic heterocycles. The van der Waals surface area contributed by atoms with Gasteiger partial charge >= 0.3 is 0 Å². The zero-order chi connectivity index (χ0) is 10.8. The summed E-state index contributed by atoms with van der Waals surface area (Å²) in [4.78, 5) is 11.2. The Morgan fingerprint density at radius 1 is 1.53 bits per heavy atom. The van der Waals surface area contributed by atoms with Crippen LogP contribution in [0.2, 0.25) is 0 Å². The fraction of sp³-hybridized carbons (Fsp3) is 0.125. The van der Waals surface area contributed by atoms with Gasteiger partial charge in [0.1, 0.15) is 4.47 Å². The third-order valence-corrected chi connectivity index (χ3v) is 2.57. The number of halogens is 1. The molecule has 7 heteroatoms. The van der Waals surface area contributed by atoms with Crippen LogP contribution in [0.5, 0.6) is 0 Å². The van der Waals surface area contributed by atoms with Gasteiger partial charge in [0.15, 0.2) is 0 Å². The Morgan fingerprint density at radius 3 is 3.00 bits per heavy atom. The zero-order valence-corrected chi connectivity index (χ0v) is 9.45. The fourth-order valence-electron chi connectivity index (χ4n) is 1.11. The number of rotatable bonds is 2. The number of nitrogens with zero attached hydrogens (tertiary/aromatic N) is 3. The molecule has 0 radical (unpaired) electrons. The van der Waals surface area contributed by atoms with E-state index in [0.717, 1.165) is 5.69 Å². The molecule has 0 aliphatic rings. The minimum Gasteiger partial charge on any atom is -0.351 e. The lowest BCUT2D eigenvalue weighted by molar-refractivity contribution is 0.768. The van der Waals surface area contributed by atoms with Crippen molar-refractivity contribution >= 4 is 27.3 Å². The van der Waals surface area contributed by atoms with Crippen LogP contribution in [0, 0.1) is 0 Å². The summed E-state index contributed by atoms with van der Waals surface area (Å²) in [5.41, 5.74) is 1.13. The summed E-state index contributed by atoms with van der Waals surface area (Å²) >= 11 is 3.17. The quantitative estimate of drug-likeness (QED) is 0.853. The van der Waals surface area contributed by atoms with E-state index in [0.29, 0.717) is 10.2 Å². The third-order valence-electron chi connectivity index (χ3n) is 1.78. The molecule has 6 nitrogen and oxygen atoms in total. The SMILES string of the molecule is Cn1cc(Nc2cn[nH]c(=O)c2Br)cn1. The Morgan fingerprint density at radius 2 is 2.33 bits per heavy atom. The van der Waals surface area contributed by atoms with Gasteiger partial charge in [-0.05, 0) is 15.9 Å². The van der Waals surface area contributed by atoms with E-state index in [1.165, 1.54) is 6.20 Å². The highest BCUT2D eigenvalue weighted by atomic mass is 79.9. The monoisotopic (exact) mass is 269 g/mol. The summed E-state index contributed by atoms with van der Waals surface area (Å²) in [6, 6.07) is 0. The molecule has 0 aliphatic carbocycles. The molecule has 0 amide bonds. The molecule has 0 unspecified atom stereocenters. The Labute approximate surface area is 93.4 Å². The van der Waals surface area contributed by atoms with Gasteiger partial charge in [-0.1, -0.05) is 0 Å². The molecule has 0 fully saturated rings. The van der Waals surface area contributed by atoms with Gasteiger partial charge in [0.2, 0.25) is 0 Å². The molecule has 0 saturated heterocycles. The van der Waals surface area contributed by atoms with Crippen molar-refractivity contribution in [2.45, 2.75) is 0 Å². The second-order valence-electron chi connectivity index (χ2n) is 2.95. The maximum absolute atomic E-state index is 11.2. The number of nitrogens with one attached hydrogen (secondary N) is 2. The number of aryl methyl sites for hydroxylation is 1. The molecule has 2 aromatic heterocycles. The maximum atomic E-state index is 11.2. The average Bonchev–Trinajstić information content (AvgIpc) is 2.59. The van der Waals surface area contributed by atoms with E-state index in [4.69, 9.17) is 0 Å². The third kappa shape index (κ3) is 2.07. The molecular formula is C8H8BrN5O. The first-order valence-corrected chi connectivity index (χ1v) is 4.95. The van der Waals surface area contributed by atoms with Gasteiger partial charge < -0.3 is 5.32 Å². The first-order valence-electron chi connectivity index (χ1n) is 4.15. The van der Waals surface area contributed by atoms with Gasteiger partial charge in [-0.15, -0.1) is 0 Å². The van der Waals surface area contributed by atoms with Crippen molar-refractivity contribution in [3.8, 4) is 0 Å². The number of anilines is 2. The van der Waals surface area contributed by atoms with Crippen LogP contribution in [0.25, 0.3) is 0 Å². The predicted molar refractivity (Wildman–Crippen MR) is 59.0 cm³/mol. The Bertz CT molecular complexity index is 532. The summed E-state index contributed by atoms with van der Waals surface area (Å²) in [6.07, 6.45) is 4.99. The van der Waals surface area contributed by atoms with Crippen molar-refractivity contribution < 1.29 is 0 Å². The molecule has 2 heterocycles. The van der Waals surface area contributed by atoms with Crippen LogP contribution in [0.3, 0.4) is 0 Å². The second-order valence-corrected chi connectivity index (χ2v) is 3.75. The van der Waals surface area contributed by atoms with Gasteiger partial charge in [-0.25, -0.2) is 5.10 Å². The van der Waals surface area contributed by atoms with E-state index in [1.807, 2.05) is 7.05 Å². The van der Waals surface area contributed by atoms with Crippen LogP contribution in [0.4, 0.5) is 11.4 Å². The molecule has 0 saturated carbocycles. The topological polar surface area (TPSA) is 75.6 Å². The summed E-state index contributed by atoms with van der Waals surface area (Å²) < 4.78 is 2.08. The van der Waals surface area contributed by atoms with Gasteiger partial charge in [-0.2, -0.15) is 10.2 Å². The smallest absolute Gasteiger partial charge is 0.280 e. The van der Waals surface area contributed by atoms with E-state index >= 15 is 0 Å². The van der Waals surface area contributed by atoms with Gasteiger partial charge in [0.05, 0.1) is 23.8 Å². The van der Waals surface area contributed by atoms with E-state index < -0.39 is 0 Å². The fourth-order valence-corrected chi connectivity index (χ4v) is 1.40. The standard InChI is InChI=1S/C8H8BrN5O/c1-14-4-5(2-11-14)12-6-3-10-13-8(15)7(6)9/h2-4H,1H3,(H2,12,13,15). The number of hydrogen-bond acceptors (Lipinski definition) is 4. The molecule has 0 aromatic carbocycles. The van der Waals surface area contributed by atoms with Crippen LogP contribution in [-0.4, -0.2) is 20.0 Å². The average molecular weight is 270 g/mol. The summed E-state index contributed by atoms with van der Waals surface area (Å²) in [6.45, 7) is 0. The number of hydrogen-bond donors (Lipinski definition) is 2. The van der Waals surface area contributed by atoms with Gasteiger partial charge in [0.25, 0.3) is 5.56 Å². The van der Waals surface area contributed by atoms with E-state index in [9.17, 15) is 4.79 Å². The lowest BCUT2D eigenvalue weighted by Crippen LogP contribution is -2.10. The molecule has 2 N–H and O–H groups in total. The molecule has 2 rings (SSSR count). The summed E-state index contributed by atoms with van der Waals surface area (Å²) in [5, 5.41) is 13.0. The minimum atomic E-state index is -0.274. The van der Waals surface area contributed by atoms with E-state index in [2.05, 4.69) is 36.5 Å². The predicted octanol–water partition coefficient (Wildman–Crippen LogP) is 1.01. The Kier molecular flexibility index (Phi) is 2.55. The Balaban J connectivity index is 2.32. The van der Waals surface area contributed by atoms with E-state index in [1.54, 1.807) is 17.1 Å². The van der Waals surface area contributed by atoms with Crippen molar-refractivity contribution in [3.63, 3.8) is 0 Å². The maximum Gasteiger partial charge on any atom is 0.280 e. The Hall–Kier alpha value is -1.63. The summed E-state index contributed by atoms with van der Waals surface area (Å²) in [7, 11) is 1.82. The van der Waals surface area contributed by atoms with Crippen LogP contribution in [0.1, 0.15) is 0 Å². The first kappa shape index (κ1) is 9.91. The largest absolute Gasteiger partial charge is 0.351 e. The lowest BCUT2D eigenvalue weighted by atomic mass is 10.4. The molecule has 78 valence electrons. The van der Waals surface area contributed by atoms with Crippen LogP contribution in [0.15, 0.2) is 27.9 Å². The number of aromatic nitrogens is 4. The van der Waals surface area contributed by atoms with Crippen LogP contribution in [-0.2, 0) is 7.05 Å².